The van der Waals surface area contributed by atoms with Gasteiger partial charge < -0.3 is 35.5 Å². The topological polar surface area (TPSA) is 178 Å². The van der Waals surface area contributed by atoms with Crippen molar-refractivity contribution in [3.05, 3.63) is 71.8 Å². The van der Waals surface area contributed by atoms with E-state index in [9.17, 15) is 28.8 Å². The summed E-state index contributed by atoms with van der Waals surface area (Å²) >= 11 is 0. The minimum atomic E-state index is -1.20. The van der Waals surface area contributed by atoms with Crippen LogP contribution < -0.4 is 21.3 Å². The third kappa shape index (κ3) is 24.6. The number of hydrogen-bond donors (Lipinski definition) is 4. The lowest BCUT2D eigenvalue weighted by Crippen LogP contribution is -2.50. The molecule has 1 unspecified atom stereocenters. The SMILES string of the molecule is CCCCCCCCCCCCCCNC(=O)C(CC(=O)NCCC(=O)N[C@@H](CCC(=O)OCc1ccccc1)C(=O)OCc1ccccc1)NC(=O)OC(C)(C)C. The minimum absolute atomic E-state index is 0.0218. The Balaban J connectivity index is 1.84. The Morgan fingerprint density at radius 1 is 0.586 bits per heavy atom. The van der Waals surface area contributed by atoms with Crippen LogP contribution in [-0.2, 0) is 51.4 Å². The van der Waals surface area contributed by atoms with Crippen molar-refractivity contribution in [2.24, 2.45) is 0 Å². The van der Waals surface area contributed by atoms with Crippen LogP contribution in [0.5, 0.6) is 0 Å². The number of carbonyl (C=O) groups is 6. The molecule has 0 fully saturated rings. The number of benzene rings is 2. The highest BCUT2D eigenvalue weighted by molar-refractivity contribution is 5.91. The Kier molecular flexibility index (Phi) is 24.9. The van der Waals surface area contributed by atoms with E-state index in [-0.39, 0.29) is 45.4 Å². The number of esters is 2. The van der Waals surface area contributed by atoms with Gasteiger partial charge in [-0.25, -0.2) is 9.59 Å². The van der Waals surface area contributed by atoms with Crippen LogP contribution in [0.15, 0.2) is 60.7 Å². The maximum Gasteiger partial charge on any atom is 0.408 e. The van der Waals surface area contributed by atoms with Crippen molar-refractivity contribution in [2.75, 3.05) is 13.1 Å². The van der Waals surface area contributed by atoms with Crippen molar-refractivity contribution >= 4 is 35.8 Å². The number of ether oxygens (including phenoxy) is 3. The summed E-state index contributed by atoms with van der Waals surface area (Å²) in [6.45, 7) is 7.65. The first-order valence-electron chi connectivity index (χ1n) is 21.1. The van der Waals surface area contributed by atoms with E-state index < -0.39 is 53.4 Å². The summed E-state index contributed by atoms with van der Waals surface area (Å²) in [7, 11) is 0. The summed E-state index contributed by atoms with van der Waals surface area (Å²) in [4.78, 5) is 77.1. The monoisotopic (exact) mass is 808 g/mol. The van der Waals surface area contributed by atoms with Crippen LogP contribution in [0.2, 0.25) is 0 Å². The van der Waals surface area contributed by atoms with Crippen LogP contribution in [0.4, 0.5) is 4.79 Å². The molecule has 2 rings (SSSR count). The number of amides is 4. The molecule has 0 aliphatic rings. The molecule has 58 heavy (non-hydrogen) atoms. The van der Waals surface area contributed by atoms with Gasteiger partial charge in [0.2, 0.25) is 17.7 Å². The first kappa shape index (κ1) is 49.2. The molecule has 2 aromatic rings. The molecule has 0 aliphatic carbocycles. The quantitative estimate of drug-likeness (QED) is 0.0372. The summed E-state index contributed by atoms with van der Waals surface area (Å²) in [6.07, 6.45) is 12.6. The molecule has 0 saturated carbocycles. The fraction of sp³-hybridized carbons (Fsp3) is 0.600. The molecule has 322 valence electrons. The van der Waals surface area contributed by atoms with Gasteiger partial charge in [0.1, 0.15) is 30.9 Å². The number of carbonyl (C=O) groups excluding carboxylic acids is 6. The number of unbranched alkanes of at least 4 members (excludes halogenated alkanes) is 11. The van der Waals surface area contributed by atoms with Crippen molar-refractivity contribution < 1.29 is 43.0 Å². The molecule has 4 amide bonds. The van der Waals surface area contributed by atoms with Crippen LogP contribution in [0.25, 0.3) is 0 Å². The fourth-order valence-electron chi connectivity index (χ4n) is 5.95. The van der Waals surface area contributed by atoms with Gasteiger partial charge in [0.05, 0.1) is 6.42 Å². The Hall–Kier alpha value is -4.94. The molecule has 0 saturated heterocycles. The van der Waals surface area contributed by atoms with Crippen molar-refractivity contribution in [1.29, 1.82) is 0 Å². The lowest BCUT2D eigenvalue weighted by molar-refractivity contribution is -0.150. The van der Waals surface area contributed by atoms with Crippen molar-refractivity contribution in [3.8, 4) is 0 Å². The van der Waals surface area contributed by atoms with Crippen molar-refractivity contribution in [1.82, 2.24) is 21.3 Å². The molecule has 13 heteroatoms. The maximum absolute atomic E-state index is 13.1. The molecule has 13 nitrogen and oxygen atoms in total. The Bertz CT molecular complexity index is 1500. The summed E-state index contributed by atoms with van der Waals surface area (Å²) in [5, 5.41) is 10.5. The average molecular weight is 809 g/mol. The predicted molar refractivity (Wildman–Crippen MR) is 223 cm³/mol. The standard InChI is InChI=1S/C45H68N4O9/c1-5-6-7-8-9-10-11-12-13-14-15-22-30-47-42(53)38(49-44(55)58-45(2,3)4)32-40(51)46-31-29-39(50)48-37(43(54)57-34-36-25-20-17-21-26-36)27-28-41(52)56-33-35-23-18-16-19-24-35/h16-21,23-26,37-38H,5-15,22,27-34H2,1-4H3,(H,46,51)(H,47,53)(H,48,50)(H,49,55)/t37-,38?/m0/s1. The van der Waals surface area contributed by atoms with Gasteiger partial charge in [-0.1, -0.05) is 138 Å². The van der Waals surface area contributed by atoms with Gasteiger partial charge in [-0.3, -0.25) is 19.2 Å². The Morgan fingerprint density at radius 2 is 1.12 bits per heavy atom. The first-order valence-corrected chi connectivity index (χ1v) is 21.1. The highest BCUT2D eigenvalue weighted by atomic mass is 16.6. The van der Waals surface area contributed by atoms with Crippen molar-refractivity contribution in [3.63, 3.8) is 0 Å². The van der Waals surface area contributed by atoms with E-state index in [4.69, 9.17) is 14.2 Å². The molecule has 4 N–H and O–H groups in total. The molecular formula is C45H68N4O9. The lowest BCUT2D eigenvalue weighted by Gasteiger charge is -2.23. The van der Waals surface area contributed by atoms with Gasteiger partial charge in [0, 0.05) is 25.9 Å². The molecule has 0 aromatic heterocycles. The van der Waals surface area contributed by atoms with Gasteiger partial charge in [-0.2, -0.15) is 0 Å². The molecule has 0 spiro atoms. The molecule has 0 radical (unpaired) electrons. The Labute approximate surface area is 345 Å². The highest BCUT2D eigenvalue weighted by Gasteiger charge is 2.27. The molecular weight excluding hydrogens is 741 g/mol. The number of alkyl carbamates (subject to hydrolysis) is 1. The van der Waals surface area contributed by atoms with E-state index in [0.717, 1.165) is 36.8 Å². The third-order valence-electron chi connectivity index (χ3n) is 9.12. The molecule has 2 aromatic carbocycles. The second-order valence-electron chi connectivity index (χ2n) is 15.6. The van der Waals surface area contributed by atoms with E-state index in [2.05, 4.69) is 28.2 Å². The third-order valence-corrected chi connectivity index (χ3v) is 9.12. The molecule has 2 atom stereocenters. The van der Waals surface area contributed by atoms with E-state index in [1.165, 1.54) is 51.4 Å². The Morgan fingerprint density at radius 3 is 1.67 bits per heavy atom. The first-order chi connectivity index (χ1) is 27.9. The summed E-state index contributed by atoms with van der Waals surface area (Å²) in [5.74, 6) is -2.92. The second kappa shape index (κ2) is 29.3. The average Bonchev–Trinajstić information content (AvgIpc) is 3.19. The minimum Gasteiger partial charge on any atom is -0.461 e. The van der Waals surface area contributed by atoms with Gasteiger partial charge in [-0.05, 0) is 44.7 Å². The largest absolute Gasteiger partial charge is 0.461 e. The van der Waals surface area contributed by atoms with Gasteiger partial charge >= 0.3 is 18.0 Å². The fourth-order valence-corrected chi connectivity index (χ4v) is 5.95. The van der Waals surface area contributed by atoms with Crippen LogP contribution in [0, 0.1) is 0 Å². The van der Waals surface area contributed by atoms with Gasteiger partial charge in [0.15, 0.2) is 0 Å². The summed E-state index contributed by atoms with van der Waals surface area (Å²) < 4.78 is 16.1. The zero-order valence-corrected chi connectivity index (χ0v) is 35.2. The van der Waals surface area contributed by atoms with Crippen LogP contribution in [-0.4, -0.2) is 66.5 Å². The van der Waals surface area contributed by atoms with Crippen LogP contribution >= 0.6 is 0 Å². The molecule has 0 heterocycles. The number of rotatable bonds is 29. The van der Waals surface area contributed by atoms with Gasteiger partial charge in [-0.15, -0.1) is 0 Å². The zero-order valence-electron chi connectivity index (χ0n) is 35.2. The predicted octanol–water partition coefficient (Wildman–Crippen LogP) is 7.35. The maximum atomic E-state index is 13.1. The zero-order chi connectivity index (χ0) is 42.4. The van der Waals surface area contributed by atoms with E-state index in [1.807, 2.05) is 48.5 Å². The lowest BCUT2D eigenvalue weighted by atomic mass is 10.1. The molecule has 0 bridgehead atoms. The van der Waals surface area contributed by atoms with Crippen molar-refractivity contribution in [2.45, 2.75) is 161 Å². The van der Waals surface area contributed by atoms with Crippen LogP contribution in [0.3, 0.4) is 0 Å². The van der Waals surface area contributed by atoms with Gasteiger partial charge in [0.25, 0.3) is 0 Å². The second-order valence-corrected chi connectivity index (χ2v) is 15.6. The van der Waals surface area contributed by atoms with E-state index in [0.29, 0.717) is 6.54 Å². The highest BCUT2D eigenvalue weighted by Crippen LogP contribution is 2.13. The van der Waals surface area contributed by atoms with E-state index >= 15 is 0 Å². The number of hydrogen-bond acceptors (Lipinski definition) is 9. The number of nitrogens with one attached hydrogen (secondary N) is 4. The van der Waals surface area contributed by atoms with E-state index in [1.54, 1.807) is 32.9 Å². The van der Waals surface area contributed by atoms with Crippen LogP contribution in [0.1, 0.15) is 142 Å². The molecule has 0 aliphatic heterocycles. The normalized spacial score (nSPS) is 12.1. The summed E-state index contributed by atoms with van der Waals surface area (Å²) in [6, 6.07) is 15.8. The smallest absolute Gasteiger partial charge is 0.408 e. The summed E-state index contributed by atoms with van der Waals surface area (Å²) in [5.41, 5.74) is 0.750.